The second kappa shape index (κ2) is 13.8. The van der Waals surface area contributed by atoms with Gasteiger partial charge >= 0.3 is 5.97 Å². The summed E-state index contributed by atoms with van der Waals surface area (Å²) < 4.78 is 24.8. The van der Waals surface area contributed by atoms with Crippen LogP contribution in [0, 0.1) is 11.7 Å². The summed E-state index contributed by atoms with van der Waals surface area (Å²) in [5.74, 6) is -0.430. The van der Waals surface area contributed by atoms with E-state index in [0.717, 1.165) is 18.4 Å². The zero-order valence-electron chi connectivity index (χ0n) is 23.9. The lowest BCUT2D eigenvalue weighted by Crippen LogP contribution is -2.35. The number of carbonyl (C=O) groups is 3. The number of para-hydroxylation sites is 1. The fraction of sp³-hybridized carbons (Fsp3) is 0.229. The number of halogens is 1. The van der Waals surface area contributed by atoms with Gasteiger partial charge < -0.3 is 19.7 Å². The van der Waals surface area contributed by atoms with Gasteiger partial charge in [-0.1, -0.05) is 60.7 Å². The van der Waals surface area contributed by atoms with Gasteiger partial charge in [-0.05, 0) is 60.9 Å². The summed E-state index contributed by atoms with van der Waals surface area (Å²) in [5, 5.41) is 3.21. The number of esters is 1. The normalized spacial score (nSPS) is 13.1. The van der Waals surface area contributed by atoms with E-state index in [1.54, 1.807) is 65.6 Å². The Bertz CT molecular complexity index is 1570. The van der Waals surface area contributed by atoms with E-state index in [9.17, 15) is 18.8 Å². The first-order valence-electron chi connectivity index (χ1n) is 14.2. The van der Waals surface area contributed by atoms with Gasteiger partial charge in [0.05, 0.1) is 13.7 Å². The first-order valence-corrected chi connectivity index (χ1v) is 14.2. The molecule has 1 fully saturated rings. The Morgan fingerprint density at radius 2 is 1.63 bits per heavy atom. The van der Waals surface area contributed by atoms with Crippen LogP contribution < -0.4 is 15.0 Å². The second-order valence-electron chi connectivity index (χ2n) is 10.4. The molecular formula is C35H33FN2O5. The molecule has 1 amide bonds. The molecular weight excluding hydrogens is 547 g/mol. The number of hydrogen-bond donors (Lipinski definition) is 1. The molecule has 4 aromatic carbocycles. The molecule has 1 aliphatic rings. The number of methoxy groups -OCH3 is 1. The maximum atomic E-state index is 13.8. The molecule has 5 rings (SSSR count). The number of carbonyl (C=O) groups excluding carboxylic acids is 3. The van der Waals surface area contributed by atoms with Gasteiger partial charge in [0.25, 0.3) is 0 Å². The van der Waals surface area contributed by atoms with Gasteiger partial charge in [0.1, 0.15) is 24.2 Å². The number of anilines is 2. The van der Waals surface area contributed by atoms with Gasteiger partial charge in [0.15, 0.2) is 5.78 Å². The predicted molar refractivity (Wildman–Crippen MR) is 163 cm³/mol. The minimum atomic E-state index is -0.741. The van der Waals surface area contributed by atoms with Crippen molar-refractivity contribution in [2.75, 3.05) is 30.5 Å². The number of rotatable bonds is 13. The Morgan fingerprint density at radius 1 is 0.907 bits per heavy atom. The van der Waals surface area contributed by atoms with Gasteiger partial charge in [-0.3, -0.25) is 9.59 Å². The van der Waals surface area contributed by atoms with Gasteiger partial charge in [-0.2, -0.15) is 0 Å². The Hall–Kier alpha value is -4.98. The van der Waals surface area contributed by atoms with Crippen molar-refractivity contribution in [3.05, 3.63) is 126 Å². The molecule has 1 N–H and O–H groups in total. The number of ether oxygens (including phenoxy) is 2. The molecule has 0 aromatic heterocycles. The first kappa shape index (κ1) is 29.5. The van der Waals surface area contributed by atoms with Gasteiger partial charge in [-0.25, -0.2) is 9.18 Å². The average Bonchev–Trinajstić information content (AvgIpc) is 3.89. The molecule has 4 aromatic rings. The Kier molecular flexibility index (Phi) is 9.46. The monoisotopic (exact) mass is 580 g/mol. The number of benzene rings is 4. The number of hydrogen-bond acceptors (Lipinski definition) is 6. The minimum absolute atomic E-state index is 0.0117. The van der Waals surface area contributed by atoms with Gasteiger partial charge in [-0.15, -0.1) is 0 Å². The molecule has 1 saturated carbocycles. The van der Waals surface area contributed by atoms with Crippen molar-refractivity contribution in [2.45, 2.75) is 25.3 Å². The number of nitrogens with one attached hydrogen (secondary N) is 1. The molecule has 0 aliphatic heterocycles. The summed E-state index contributed by atoms with van der Waals surface area (Å²) >= 11 is 0. The maximum absolute atomic E-state index is 13.8. The van der Waals surface area contributed by atoms with E-state index < -0.39 is 17.8 Å². The molecule has 1 aliphatic carbocycles. The third-order valence-corrected chi connectivity index (χ3v) is 7.28. The molecule has 0 spiro atoms. The van der Waals surface area contributed by atoms with Crippen LogP contribution in [-0.2, 0) is 20.7 Å². The standard InChI is InChI=1S/C35H33FN2O5/c1-42-35(41)32(37-31-13-6-5-12-30(31)33(39)25-8-3-2-4-9-25)22-24-14-18-29(19-15-24)43-21-20-38(34(40)26-16-17-26)28-11-7-10-27(36)23-28/h2-15,18-19,23,26,32,37H,16-17,20-22H2,1H3/t32-/m0/s1. The SMILES string of the molecule is COC(=O)[C@H](Cc1ccc(OCCN(C(=O)C2CC2)c2cccc(F)c2)cc1)Nc1ccccc1C(=O)c1ccccc1. The largest absolute Gasteiger partial charge is 0.492 e. The van der Waals surface area contributed by atoms with Crippen LogP contribution in [0.1, 0.15) is 34.3 Å². The molecule has 43 heavy (non-hydrogen) atoms. The van der Waals surface area contributed by atoms with Crippen LogP contribution in [-0.4, -0.2) is 44.0 Å². The van der Waals surface area contributed by atoms with E-state index in [1.807, 2.05) is 30.3 Å². The summed E-state index contributed by atoms with van der Waals surface area (Å²) in [6.07, 6.45) is 2.01. The molecule has 0 radical (unpaired) electrons. The van der Waals surface area contributed by atoms with Gasteiger partial charge in [0, 0.05) is 34.8 Å². The van der Waals surface area contributed by atoms with E-state index in [0.29, 0.717) is 34.7 Å². The minimum Gasteiger partial charge on any atom is -0.492 e. The van der Waals surface area contributed by atoms with Crippen LogP contribution in [0.3, 0.4) is 0 Å². The third kappa shape index (κ3) is 7.65. The lowest BCUT2D eigenvalue weighted by molar-refractivity contribution is -0.141. The molecule has 220 valence electrons. The summed E-state index contributed by atoms with van der Waals surface area (Å²) in [6, 6.07) is 28.6. The second-order valence-corrected chi connectivity index (χ2v) is 10.4. The zero-order chi connectivity index (χ0) is 30.2. The summed E-state index contributed by atoms with van der Waals surface area (Å²) in [4.78, 5) is 40.3. The summed E-state index contributed by atoms with van der Waals surface area (Å²) in [7, 11) is 1.33. The molecule has 8 heteroatoms. The topological polar surface area (TPSA) is 84.9 Å². The van der Waals surface area contributed by atoms with Crippen molar-refractivity contribution < 1.29 is 28.2 Å². The van der Waals surface area contributed by atoms with Crippen LogP contribution in [0.5, 0.6) is 5.75 Å². The molecule has 0 bridgehead atoms. The van der Waals surface area contributed by atoms with Crippen LogP contribution in [0.25, 0.3) is 0 Å². The Balaban J connectivity index is 1.23. The Labute approximate surface area is 250 Å². The van der Waals surface area contributed by atoms with Crippen molar-refractivity contribution in [3.8, 4) is 5.75 Å². The van der Waals surface area contributed by atoms with Crippen molar-refractivity contribution in [1.29, 1.82) is 0 Å². The Morgan fingerprint density at radius 3 is 2.33 bits per heavy atom. The fourth-order valence-corrected chi connectivity index (χ4v) is 4.85. The average molecular weight is 581 g/mol. The smallest absolute Gasteiger partial charge is 0.328 e. The highest BCUT2D eigenvalue weighted by atomic mass is 19.1. The number of nitrogens with zero attached hydrogens (tertiary/aromatic N) is 1. The van der Waals surface area contributed by atoms with Crippen LogP contribution in [0.15, 0.2) is 103 Å². The lowest BCUT2D eigenvalue weighted by atomic mass is 10.00. The maximum Gasteiger partial charge on any atom is 0.328 e. The van der Waals surface area contributed by atoms with Crippen LogP contribution in [0.4, 0.5) is 15.8 Å². The molecule has 0 saturated heterocycles. The molecule has 7 nitrogen and oxygen atoms in total. The zero-order valence-corrected chi connectivity index (χ0v) is 23.9. The quantitative estimate of drug-likeness (QED) is 0.153. The highest BCUT2D eigenvalue weighted by Gasteiger charge is 2.34. The van der Waals surface area contributed by atoms with Crippen molar-refractivity contribution in [1.82, 2.24) is 0 Å². The van der Waals surface area contributed by atoms with Gasteiger partial charge in [0.2, 0.25) is 5.91 Å². The van der Waals surface area contributed by atoms with E-state index >= 15 is 0 Å². The van der Waals surface area contributed by atoms with E-state index in [1.165, 1.54) is 19.2 Å². The predicted octanol–water partition coefficient (Wildman–Crippen LogP) is 6.07. The van der Waals surface area contributed by atoms with Crippen molar-refractivity contribution >= 4 is 29.0 Å². The van der Waals surface area contributed by atoms with Crippen molar-refractivity contribution in [3.63, 3.8) is 0 Å². The molecule has 0 unspecified atom stereocenters. The highest BCUT2D eigenvalue weighted by molar-refractivity contribution is 6.12. The number of ketones is 1. The molecule has 1 atom stereocenters. The third-order valence-electron chi connectivity index (χ3n) is 7.28. The van der Waals surface area contributed by atoms with Crippen LogP contribution >= 0.6 is 0 Å². The highest BCUT2D eigenvalue weighted by Crippen LogP contribution is 2.33. The number of amides is 1. The fourth-order valence-electron chi connectivity index (χ4n) is 4.85. The molecule has 0 heterocycles. The van der Waals surface area contributed by atoms with E-state index in [4.69, 9.17) is 9.47 Å². The van der Waals surface area contributed by atoms with E-state index in [2.05, 4.69) is 5.32 Å². The van der Waals surface area contributed by atoms with Crippen LogP contribution in [0.2, 0.25) is 0 Å². The summed E-state index contributed by atoms with van der Waals surface area (Å²) in [6.45, 7) is 0.517. The first-order chi connectivity index (χ1) is 20.9. The van der Waals surface area contributed by atoms with E-state index in [-0.39, 0.29) is 30.8 Å². The lowest BCUT2D eigenvalue weighted by Gasteiger charge is -2.23. The van der Waals surface area contributed by atoms with Crippen molar-refractivity contribution in [2.24, 2.45) is 5.92 Å². The summed E-state index contributed by atoms with van der Waals surface area (Å²) in [5.41, 5.74) is 2.92.